The van der Waals surface area contributed by atoms with E-state index in [9.17, 15) is 5.11 Å². The number of hydrogen-bond donors (Lipinski definition) is 1. The largest absolute Gasteiger partial charge is 0.392 e. The van der Waals surface area contributed by atoms with E-state index >= 15 is 0 Å². The smallest absolute Gasteiger partial charge is 0.0716 e. The summed E-state index contributed by atoms with van der Waals surface area (Å²) in [5.74, 6) is 0. The Labute approximate surface area is 85.0 Å². The van der Waals surface area contributed by atoms with Crippen LogP contribution in [0.3, 0.4) is 0 Å². The minimum atomic E-state index is -1.16. The molecular formula is C9H19BrOSi. The maximum atomic E-state index is 9.30. The van der Waals surface area contributed by atoms with E-state index in [1.54, 1.807) is 0 Å². The molecule has 0 spiro atoms. The van der Waals surface area contributed by atoms with Gasteiger partial charge in [0.2, 0.25) is 0 Å². The summed E-state index contributed by atoms with van der Waals surface area (Å²) in [7, 11) is -1.16. The molecular weight excluding hydrogens is 232 g/mol. The first-order chi connectivity index (χ1) is 5.38. The van der Waals surface area contributed by atoms with E-state index < -0.39 is 8.07 Å². The van der Waals surface area contributed by atoms with Crippen LogP contribution in [0.4, 0.5) is 0 Å². The number of alkyl halides is 1. The Hall–Kier alpha value is 0.397. The van der Waals surface area contributed by atoms with E-state index in [0.29, 0.717) is 5.33 Å². The molecule has 0 aliphatic heterocycles. The first-order valence-corrected chi connectivity index (χ1v) is 8.92. The van der Waals surface area contributed by atoms with Gasteiger partial charge in [0, 0.05) is 5.33 Å². The van der Waals surface area contributed by atoms with Crippen LogP contribution >= 0.6 is 15.9 Å². The first kappa shape index (κ1) is 12.4. The number of hydrogen-bond acceptors (Lipinski definition) is 1. The molecule has 0 aromatic carbocycles. The van der Waals surface area contributed by atoms with Gasteiger partial charge in [-0.1, -0.05) is 40.8 Å². The molecule has 12 heavy (non-hydrogen) atoms. The number of aliphatic hydroxyl groups is 1. The molecule has 1 atom stereocenters. The molecule has 0 amide bonds. The Balaban J connectivity index is 3.73. The van der Waals surface area contributed by atoms with E-state index in [1.165, 1.54) is 5.20 Å². The third-order valence-corrected chi connectivity index (χ3v) is 5.14. The van der Waals surface area contributed by atoms with Gasteiger partial charge in [-0.15, -0.1) is 6.58 Å². The van der Waals surface area contributed by atoms with Crippen molar-refractivity contribution < 1.29 is 5.11 Å². The van der Waals surface area contributed by atoms with Gasteiger partial charge in [-0.3, -0.25) is 0 Å². The Bertz CT molecular complexity index is 151. The van der Waals surface area contributed by atoms with Gasteiger partial charge in [0.25, 0.3) is 0 Å². The van der Waals surface area contributed by atoms with Gasteiger partial charge in [0.05, 0.1) is 14.2 Å². The van der Waals surface area contributed by atoms with Gasteiger partial charge in [-0.25, -0.2) is 0 Å². The number of halogens is 1. The highest BCUT2D eigenvalue weighted by molar-refractivity contribution is 9.09. The third-order valence-electron chi connectivity index (χ3n) is 2.02. The fourth-order valence-electron chi connectivity index (χ4n) is 0.793. The molecule has 0 heterocycles. The van der Waals surface area contributed by atoms with Crippen LogP contribution in [-0.2, 0) is 0 Å². The second-order valence-electron chi connectivity index (χ2n) is 4.20. The Morgan fingerprint density at radius 1 is 1.50 bits per heavy atom. The summed E-state index contributed by atoms with van der Waals surface area (Å²) in [6, 6.07) is 0. The van der Waals surface area contributed by atoms with E-state index in [0.717, 1.165) is 12.8 Å². The van der Waals surface area contributed by atoms with Crippen molar-refractivity contribution in [3.8, 4) is 0 Å². The van der Waals surface area contributed by atoms with Crippen LogP contribution in [0.5, 0.6) is 0 Å². The van der Waals surface area contributed by atoms with E-state index in [-0.39, 0.29) is 6.10 Å². The zero-order valence-corrected chi connectivity index (χ0v) is 10.8. The van der Waals surface area contributed by atoms with Gasteiger partial charge in [-0.05, 0) is 12.8 Å². The van der Waals surface area contributed by atoms with Gasteiger partial charge in [-0.2, -0.15) is 0 Å². The van der Waals surface area contributed by atoms with Crippen molar-refractivity contribution in [1.29, 1.82) is 0 Å². The zero-order valence-electron chi connectivity index (χ0n) is 8.23. The Morgan fingerprint density at radius 2 is 2.00 bits per heavy atom. The predicted octanol–water partition coefficient (Wildman–Crippen LogP) is 2.96. The lowest BCUT2D eigenvalue weighted by Crippen LogP contribution is -2.24. The van der Waals surface area contributed by atoms with Crippen LogP contribution in [0.1, 0.15) is 12.8 Å². The summed E-state index contributed by atoms with van der Waals surface area (Å²) in [4.78, 5) is 0. The van der Waals surface area contributed by atoms with Crippen LogP contribution in [0.2, 0.25) is 19.6 Å². The predicted molar refractivity (Wildman–Crippen MR) is 61.5 cm³/mol. The lowest BCUT2D eigenvalue weighted by Gasteiger charge is -2.20. The quantitative estimate of drug-likeness (QED) is 0.588. The normalized spacial score (nSPS) is 14.4. The molecule has 3 heteroatoms. The summed E-state index contributed by atoms with van der Waals surface area (Å²) < 4.78 is 0. The van der Waals surface area contributed by atoms with Crippen LogP contribution in [0, 0.1) is 0 Å². The molecule has 0 saturated heterocycles. The molecule has 72 valence electrons. The van der Waals surface area contributed by atoms with Crippen molar-refractivity contribution in [1.82, 2.24) is 0 Å². The van der Waals surface area contributed by atoms with Crippen molar-refractivity contribution in [2.24, 2.45) is 0 Å². The van der Waals surface area contributed by atoms with Crippen molar-refractivity contribution in [3.63, 3.8) is 0 Å². The SMILES string of the molecule is C=C(CCC(O)CBr)[Si](C)(C)C. The number of rotatable bonds is 5. The van der Waals surface area contributed by atoms with E-state index in [1.807, 2.05) is 0 Å². The monoisotopic (exact) mass is 250 g/mol. The Morgan fingerprint density at radius 3 is 2.33 bits per heavy atom. The van der Waals surface area contributed by atoms with Gasteiger partial charge in [0.1, 0.15) is 0 Å². The minimum absolute atomic E-state index is 0.210. The maximum Gasteiger partial charge on any atom is 0.0716 e. The number of aliphatic hydroxyl groups excluding tert-OH is 1. The van der Waals surface area contributed by atoms with Crippen LogP contribution in [0.15, 0.2) is 11.8 Å². The number of allylic oxidation sites excluding steroid dienone is 1. The standard InChI is InChI=1S/C9H19BrOSi/c1-8(12(2,3)4)5-6-9(11)7-10/h9,11H,1,5-7H2,2-4H3. The molecule has 1 nitrogen and oxygen atoms in total. The lowest BCUT2D eigenvalue weighted by atomic mass is 10.2. The molecule has 0 aliphatic carbocycles. The molecule has 0 aliphatic rings. The molecule has 1 N–H and O–H groups in total. The summed E-state index contributed by atoms with van der Waals surface area (Å²) in [6.45, 7) is 10.9. The van der Waals surface area contributed by atoms with Gasteiger partial charge >= 0.3 is 0 Å². The lowest BCUT2D eigenvalue weighted by molar-refractivity contribution is 0.191. The van der Waals surface area contributed by atoms with Crippen LogP contribution in [0.25, 0.3) is 0 Å². The molecule has 0 aromatic rings. The summed E-state index contributed by atoms with van der Waals surface area (Å²) in [6.07, 6.45) is 1.61. The highest BCUT2D eigenvalue weighted by Crippen LogP contribution is 2.18. The molecule has 0 bridgehead atoms. The second-order valence-corrected chi connectivity index (χ2v) is 10.1. The summed E-state index contributed by atoms with van der Waals surface area (Å²) in [5.41, 5.74) is 0. The van der Waals surface area contributed by atoms with Crippen molar-refractivity contribution in [2.45, 2.75) is 38.6 Å². The van der Waals surface area contributed by atoms with Crippen molar-refractivity contribution >= 4 is 24.0 Å². The molecule has 0 aromatic heterocycles. The van der Waals surface area contributed by atoms with E-state index in [4.69, 9.17) is 0 Å². The maximum absolute atomic E-state index is 9.30. The molecule has 0 radical (unpaired) electrons. The van der Waals surface area contributed by atoms with Crippen LogP contribution < -0.4 is 0 Å². The summed E-state index contributed by atoms with van der Waals surface area (Å²) in [5, 5.41) is 11.3. The average Bonchev–Trinajstić information content (AvgIpc) is 1.97. The Kier molecular flexibility index (Phi) is 5.37. The zero-order chi connectivity index (χ0) is 9.78. The van der Waals surface area contributed by atoms with E-state index in [2.05, 4.69) is 42.1 Å². The first-order valence-electron chi connectivity index (χ1n) is 4.30. The van der Waals surface area contributed by atoms with Crippen molar-refractivity contribution in [2.75, 3.05) is 5.33 Å². The molecule has 0 fully saturated rings. The fourth-order valence-corrected chi connectivity index (χ4v) is 2.01. The third kappa shape index (κ3) is 5.12. The molecule has 0 saturated carbocycles. The molecule has 0 rings (SSSR count). The van der Waals surface area contributed by atoms with Gasteiger partial charge in [0.15, 0.2) is 0 Å². The van der Waals surface area contributed by atoms with Gasteiger partial charge < -0.3 is 5.11 Å². The average molecular weight is 251 g/mol. The van der Waals surface area contributed by atoms with Crippen molar-refractivity contribution in [3.05, 3.63) is 11.8 Å². The topological polar surface area (TPSA) is 20.2 Å². The highest BCUT2D eigenvalue weighted by Gasteiger charge is 2.17. The highest BCUT2D eigenvalue weighted by atomic mass is 79.9. The summed E-state index contributed by atoms with van der Waals surface area (Å²) >= 11 is 3.25. The van der Waals surface area contributed by atoms with Crippen LogP contribution in [-0.4, -0.2) is 24.6 Å². The fraction of sp³-hybridized carbons (Fsp3) is 0.778. The minimum Gasteiger partial charge on any atom is -0.392 e. The second kappa shape index (κ2) is 5.20. The molecule has 1 unspecified atom stereocenters.